The van der Waals surface area contributed by atoms with Gasteiger partial charge in [0.2, 0.25) is 0 Å². The van der Waals surface area contributed by atoms with Crippen LogP contribution in [-0.4, -0.2) is 34.2 Å². The Morgan fingerprint density at radius 3 is 1.32 bits per heavy atom. The van der Waals surface area contributed by atoms with E-state index in [2.05, 4.69) is 73.0 Å². The van der Waals surface area contributed by atoms with Crippen LogP contribution in [-0.2, 0) is 13.1 Å². The zero-order chi connectivity index (χ0) is 16.1. The predicted octanol–water partition coefficient (Wildman–Crippen LogP) is 3.94. The molecule has 0 radical (unpaired) electrons. The Morgan fingerprint density at radius 1 is 0.682 bits per heavy atom. The maximum absolute atomic E-state index is 2.46. The van der Waals surface area contributed by atoms with Crippen LogP contribution in [0, 0.1) is 27.7 Å². The summed E-state index contributed by atoms with van der Waals surface area (Å²) in [7, 11) is 2.24. The van der Waals surface area contributed by atoms with Crippen LogP contribution in [0.4, 0.5) is 0 Å². The van der Waals surface area contributed by atoms with Gasteiger partial charge in [0.25, 0.3) is 0 Å². The molecule has 2 aromatic heterocycles. The van der Waals surface area contributed by atoms with Crippen molar-refractivity contribution in [3.05, 3.63) is 47.0 Å². The van der Waals surface area contributed by atoms with E-state index in [0.29, 0.717) is 0 Å². The van der Waals surface area contributed by atoms with Gasteiger partial charge >= 0.3 is 0 Å². The van der Waals surface area contributed by atoms with Gasteiger partial charge in [-0.15, -0.1) is 0 Å². The molecule has 0 atom stereocenters. The number of rotatable bonds is 8. The van der Waals surface area contributed by atoms with E-state index in [0.717, 1.165) is 13.1 Å². The fraction of sp³-hybridized carbons (Fsp3) is 0.579. The normalized spacial score (nSPS) is 11.5. The fourth-order valence-corrected chi connectivity index (χ4v) is 3.21. The van der Waals surface area contributed by atoms with E-state index in [4.69, 9.17) is 0 Å². The largest absolute Gasteiger partial charge is 0.349 e. The standard InChI is InChI=1S/C19H31N3/c1-16-8-9-17(2)21(16)14-6-12-20(5)13-7-15-22-18(3)10-11-19(22)4/h8-11H,6-7,12-15H2,1-5H3. The lowest BCUT2D eigenvalue weighted by atomic mass is 10.3. The van der Waals surface area contributed by atoms with Gasteiger partial charge < -0.3 is 14.0 Å². The molecule has 0 unspecified atom stereocenters. The molecule has 0 amide bonds. The maximum Gasteiger partial charge on any atom is 0.0236 e. The number of hydrogen-bond donors (Lipinski definition) is 0. The summed E-state index contributed by atoms with van der Waals surface area (Å²) in [5.41, 5.74) is 5.50. The molecule has 0 saturated heterocycles. The van der Waals surface area contributed by atoms with Crippen molar-refractivity contribution in [2.75, 3.05) is 20.1 Å². The minimum Gasteiger partial charge on any atom is -0.349 e. The Labute approximate surface area is 135 Å². The van der Waals surface area contributed by atoms with Gasteiger partial charge in [-0.2, -0.15) is 0 Å². The molecule has 0 aliphatic carbocycles. The summed E-state index contributed by atoms with van der Waals surface area (Å²) in [6.45, 7) is 13.4. The molecule has 0 N–H and O–H groups in total. The number of nitrogens with zero attached hydrogens (tertiary/aromatic N) is 3. The van der Waals surface area contributed by atoms with Gasteiger partial charge in [0.15, 0.2) is 0 Å². The van der Waals surface area contributed by atoms with Crippen molar-refractivity contribution in [1.29, 1.82) is 0 Å². The third-order valence-electron chi connectivity index (χ3n) is 4.68. The molecule has 0 saturated carbocycles. The summed E-state index contributed by atoms with van der Waals surface area (Å²) < 4.78 is 4.83. The molecular weight excluding hydrogens is 270 g/mol. The first-order valence-electron chi connectivity index (χ1n) is 8.43. The summed E-state index contributed by atoms with van der Waals surface area (Å²) in [6.07, 6.45) is 2.43. The molecule has 2 heterocycles. The molecule has 22 heavy (non-hydrogen) atoms. The average molecular weight is 301 g/mol. The zero-order valence-corrected chi connectivity index (χ0v) is 14.9. The molecule has 0 spiro atoms. The van der Waals surface area contributed by atoms with Gasteiger partial charge in [-0.3, -0.25) is 0 Å². The minimum atomic E-state index is 1.13. The highest BCUT2D eigenvalue weighted by Crippen LogP contribution is 2.09. The van der Waals surface area contributed by atoms with Gasteiger partial charge in [0.05, 0.1) is 0 Å². The van der Waals surface area contributed by atoms with E-state index in [1.54, 1.807) is 0 Å². The molecule has 2 aromatic rings. The van der Waals surface area contributed by atoms with Crippen molar-refractivity contribution in [3.8, 4) is 0 Å². The molecule has 0 fully saturated rings. The van der Waals surface area contributed by atoms with Gasteiger partial charge in [0.1, 0.15) is 0 Å². The van der Waals surface area contributed by atoms with Gasteiger partial charge in [-0.05, 0) is 84.9 Å². The highest BCUT2D eigenvalue weighted by atomic mass is 15.1. The first kappa shape index (κ1) is 16.9. The first-order chi connectivity index (χ1) is 10.5. The van der Waals surface area contributed by atoms with E-state index in [9.17, 15) is 0 Å². The van der Waals surface area contributed by atoms with Crippen molar-refractivity contribution in [2.45, 2.75) is 53.6 Å². The molecule has 122 valence electrons. The van der Waals surface area contributed by atoms with E-state index in [1.165, 1.54) is 48.7 Å². The molecule has 3 heteroatoms. The molecule has 3 nitrogen and oxygen atoms in total. The summed E-state index contributed by atoms with van der Waals surface area (Å²) in [5.74, 6) is 0. The van der Waals surface area contributed by atoms with E-state index >= 15 is 0 Å². The third kappa shape index (κ3) is 4.26. The highest BCUT2D eigenvalue weighted by Gasteiger charge is 2.04. The molecule has 0 aliphatic heterocycles. The summed E-state index contributed by atoms with van der Waals surface area (Å²) in [4.78, 5) is 2.46. The average Bonchev–Trinajstić information content (AvgIpc) is 2.96. The van der Waals surface area contributed by atoms with E-state index < -0.39 is 0 Å². The summed E-state index contributed by atoms with van der Waals surface area (Å²) >= 11 is 0. The number of aromatic nitrogens is 2. The fourth-order valence-electron chi connectivity index (χ4n) is 3.21. The minimum absolute atomic E-state index is 1.13. The Morgan fingerprint density at radius 2 is 1.00 bits per heavy atom. The monoisotopic (exact) mass is 301 g/mol. The van der Waals surface area contributed by atoms with Crippen LogP contribution in [0.3, 0.4) is 0 Å². The van der Waals surface area contributed by atoms with Crippen LogP contribution >= 0.6 is 0 Å². The zero-order valence-electron chi connectivity index (χ0n) is 14.9. The van der Waals surface area contributed by atoms with Crippen LogP contribution in [0.2, 0.25) is 0 Å². The van der Waals surface area contributed by atoms with Crippen LogP contribution < -0.4 is 0 Å². The van der Waals surface area contributed by atoms with Gasteiger partial charge in [-0.25, -0.2) is 0 Å². The van der Waals surface area contributed by atoms with Crippen LogP contribution in [0.1, 0.15) is 35.6 Å². The lowest BCUT2D eigenvalue weighted by Crippen LogP contribution is -2.23. The Hall–Kier alpha value is -1.48. The highest BCUT2D eigenvalue weighted by molar-refractivity contribution is 5.14. The Balaban J connectivity index is 1.67. The molecular formula is C19H31N3. The van der Waals surface area contributed by atoms with Gasteiger partial charge in [0, 0.05) is 35.9 Å². The third-order valence-corrected chi connectivity index (χ3v) is 4.68. The number of hydrogen-bond acceptors (Lipinski definition) is 1. The Kier molecular flexibility index (Phi) is 5.90. The lowest BCUT2D eigenvalue weighted by molar-refractivity contribution is 0.309. The summed E-state index contributed by atoms with van der Waals surface area (Å²) in [6, 6.07) is 8.84. The van der Waals surface area contributed by atoms with Crippen LogP contribution in [0.5, 0.6) is 0 Å². The predicted molar refractivity (Wildman–Crippen MR) is 94.5 cm³/mol. The van der Waals surface area contributed by atoms with Crippen LogP contribution in [0.25, 0.3) is 0 Å². The molecule has 0 aliphatic rings. The lowest BCUT2D eigenvalue weighted by Gasteiger charge is -2.18. The quantitative estimate of drug-likeness (QED) is 0.720. The number of aryl methyl sites for hydroxylation is 4. The smallest absolute Gasteiger partial charge is 0.0236 e. The molecule has 0 bridgehead atoms. The second kappa shape index (κ2) is 7.68. The maximum atomic E-state index is 2.46. The van der Waals surface area contributed by atoms with Crippen molar-refractivity contribution >= 4 is 0 Å². The molecule has 0 aromatic carbocycles. The SMILES string of the molecule is Cc1ccc(C)n1CCCN(C)CCCn1c(C)ccc1C. The van der Waals surface area contributed by atoms with E-state index in [1.807, 2.05) is 0 Å². The van der Waals surface area contributed by atoms with E-state index in [-0.39, 0.29) is 0 Å². The second-order valence-electron chi connectivity index (χ2n) is 6.55. The summed E-state index contributed by atoms with van der Waals surface area (Å²) in [5, 5.41) is 0. The van der Waals surface area contributed by atoms with Crippen molar-refractivity contribution in [2.24, 2.45) is 0 Å². The van der Waals surface area contributed by atoms with Crippen molar-refractivity contribution in [1.82, 2.24) is 14.0 Å². The van der Waals surface area contributed by atoms with Gasteiger partial charge in [-0.1, -0.05) is 0 Å². The van der Waals surface area contributed by atoms with Crippen molar-refractivity contribution < 1.29 is 0 Å². The van der Waals surface area contributed by atoms with Crippen LogP contribution in [0.15, 0.2) is 24.3 Å². The first-order valence-corrected chi connectivity index (χ1v) is 8.43. The Bertz CT molecular complexity index is 501. The molecule has 2 rings (SSSR count). The second-order valence-corrected chi connectivity index (χ2v) is 6.55. The van der Waals surface area contributed by atoms with Crippen molar-refractivity contribution in [3.63, 3.8) is 0 Å². The topological polar surface area (TPSA) is 13.1 Å².